The number of benzene rings is 1. The molecule has 0 saturated heterocycles. The topological polar surface area (TPSA) is 124 Å². The number of rotatable bonds is 8. The van der Waals surface area contributed by atoms with E-state index in [0.717, 1.165) is 16.5 Å². The third-order valence-corrected chi connectivity index (χ3v) is 4.35. The molecule has 150 valence electrons. The molecule has 3 rings (SSSR count). The highest BCUT2D eigenvalue weighted by Crippen LogP contribution is 2.19. The van der Waals surface area contributed by atoms with Crippen molar-refractivity contribution < 1.29 is 23.9 Å². The Kier molecular flexibility index (Phi) is 6.13. The second-order valence-corrected chi connectivity index (χ2v) is 6.39. The predicted molar refractivity (Wildman–Crippen MR) is 106 cm³/mol. The van der Waals surface area contributed by atoms with Gasteiger partial charge in [-0.05, 0) is 30.2 Å². The Hall–Kier alpha value is -3.81. The molecule has 3 aromatic rings. The van der Waals surface area contributed by atoms with Gasteiger partial charge in [-0.15, -0.1) is 0 Å². The van der Waals surface area contributed by atoms with Gasteiger partial charge in [0.05, 0.1) is 6.26 Å². The molecule has 0 aliphatic carbocycles. The summed E-state index contributed by atoms with van der Waals surface area (Å²) in [7, 11) is 0. The van der Waals surface area contributed by atoms with Crippen LogP contribution in [0.25, 0.3) is 10.9 Å². The zero-order chi connectivity index (χ0) is 20.8. The SMILES string of the molecule is CC/C=C(\NC(=O)c1ccco1)C(=O)N[C@@H](Cc1c[nH]c2ccccc12)C(=O)O. The minimum absolute atomic E-state index is 0.0286. The number of fused-ring (bicyclic) bond motifs is 1. The largest absolute Gasteiger partial charge is 0.480 e. The Morgan fingerprint density at radius 3 is 2.69 bits per heavy atom. The number of carboxylic acid groups (broad SMARTS) is 1. The molecule has 0 aliphatic rings. The fourth-order valence-electron chi connectivity index (χ4n) is 2.95. The summed E-state index contributed by atoms with van der Waals surface area (Å²) in [5, 5.41) is 15.4. The molecule has 8 heteroatoms. The lowest BCUT2D eigenvalue weighted by atomic mass is 10.0. The first kappa shape index (κ1) is 19.9. The molecule has 0 fully saturated rings. The van der Waals surface area contributed by atoms with E-state index in [-0.39, 0.29) is 17.9 Å². The van der Waals surface area contributed by atoms with Gasteiger partial charge in [0.15, 0.2) is 5.76 Å². The smallest absolute Gasteiger partial charge is 0.326 e. The van der Waals surface area contributed by atoms with Gasteiger partial charge in [-0.25, -0.2) is 4.79 Å². The third kappa shape index (κ3) is 4.73. The number of para-hydroxylation sites is 1. The lowest BCUT2D eigenvalue weighted by Gasteiger charge is -2.16. The number of aromatic nitrogens is 1. The molecule has 4 N–H and O–H groups in total. The summed E-state index contributed by atoms with van der Waals surface area (Å²) in [6.45, 7) is 1.80. The van der Waals surface area contributed by atoms with Gasteiger partial charge in [-0.2, -0.15) is 0 Å². The molecular formula is C21H21N3O5. The number of allylic oxidation sites excluding steroid dienone is 1. The lowest BCUT2D eigenvalue weighted by Crippen LogP contribution is -2.45. The van der Waals surface area contributed by atoms with Crippen LogP contribution < -0.4 is 10.6 Å². The molecule has 2 aromatic heterocycles. The van der Waals surface area contributed by atoms with Gasteiger partial charge in [0.25, 0.3) is 11.8 Å². The van der Waals surface area contributed by atoms with E-state index in [1.54, 1.807) is 19.2 Å². The highest BCUT2D eigenvalue weighted by molar-refractivity contribution is 6.02. The highest BCUT2D eigenvalue weighted by Gasteiger charge is 2.24. The van der Waals surface area contributed by atoms with Gasteiger partial charge < -0.3 is 25.1 Å². The summed E-state index contributed by atoms with van der Waals surface area (Å²) in [6.07, 6.45) is 5.16. The van der Waals surface area contributed by atoms with Crippen LogP contribution in [-0.2, 0) is 16.0 Å². The number of amides is 2. The van der Waals surface area contributed by atoms with Crippen molar-refractivity contribution in [1.29, 1.82) is 0 Å². The van der Waals surface area contributed by atoms with Crippen molar-refractivity contribution in [3.8, 4) is 0 Å². The first-order chi connectivity index (χ1) is 14.0. The maximum atomic E-state index is 12.6. The maximum Gasteiger partial charge on any atom is 0.326 e. The van der Waals surface area contributed by atoms with Crippen LogP contribution in [-0.4, -0.2) is 33.9 Å². The first-order valence-corrected chi connectivity index (χ1v) is 9.13. The van der Waals surface area contributed by atoms with Gasteiger partial charge in [0.2, 0.25) is 0 Å². The summed E-state index contributed by atoms with van der Waals surface area (Å²) in [5.41, 5.74) is 1.63. The third-order valence-electron chi connectivity index (χ3n) is 4.35. The molecule has 0 saturated carbocycles. The molecule has 8 nitrogen and oxygen atoms in total. The highest BCUT2D eigenvalue weighted by atomic mass is 16.4. The van der Waals surface area contributed by atoms with Crippen LogP contribution in [0.3, 0.4) is 0 Å². The minimum Gasteiger partial charge on any atom is -0.480 e. The van der Waals surface area contributed by atoms with Crippen LogP contribution in [0.4, 0.5) is 0 Å². The average Bonchev–Trinajstić information content (AvgIpc) is 3.37. The van der Waals surface area contributed by atoms with Crippen molar-refractivity contribution >= 4 is 28.7 Å². The molecule has 0 unspecified atom stereocenters. The fourth-order valence-corrected chi connectivity index (χ4v) is 2.95. The van der Waals surface area contributed by atoms with E-state index < -0.39 is 23.8 Å². The second kappa shape index (κ2) is 8.92. The van der Waals surface area contributed by atoms with Crippen molar-refractivity contribution in [2.75, 3.05) is 0 Å². The Morgan fingerprint density at radius 1 is 1.21 bits per heavy atom. The molecule has 0 aliphatic heterocycles. The summed E-state index contributed by atoms with van der Waals surface area (Å²) in [4.78, 5) is 39.6. The average molecular weight is 395 g/mol. The van der Waals surface area contributed by atoms with Gasteiger partial charge in [-0.1, -0.05) is 31.2 Å². The van der Waals surface area contributed by atoms with E-state index >= 15 is 0 Å². The van der Waals surface area contributed by atoms with Crippen LogP contribution in [0.1, 0.15) is 29.5 Å². The standard InChI is InChI=1S/C21H21N3O5/c1-2-6-16(23-20(26)18-9-5-10-29-18)19(25)24-17(21(27)28)11-13-12-22-15-8-4-3-7-14(13)15/h3-10,12,17,22H,2,11H2,1H3,(H,23,26)(H,24,25)(H,27,28)/b16-6-/t17-/m0/s1. The molecule has 1 aromatic carbocycles. The van der Waals surface area contributed by atoms with Gasteiger partial charge in [-0.3, -0.25) is 9.59 Å². The van der Waals surface area contributed by atoms with E-state index in [0.29, 0.717) is 6.42 Å². The number of aromatic amines is 1. The Bertz CT molecular complexity index is 1050. The first-order valence-electron chi connectivity index (χ1n) is 9.13. The number of carboxylic acids is 1. The van der Waals surface area contributed by atoms with Crippen molar-refractivity contribution in [3.63, 3.8) is 0 Å². The fraction of sp³-hybridized carbons (Fsp3) is 0.190. The summed E-state index contributed by atoms with van der Waals surface area (Å²) in [6, 6.07) is 9.37. The normalized spacial score (nSPS) is 12.5. The van der Waals surface area contributed by atoms with Crippen LogP contribution in [0.2, 0.25) is 0 Å². The van der Waals surface area contributed by atoms with E-state index in [9.17, 15) is 19.5 Å². The van der Waals surface area contributed by atoms with Gasteiger partial charge in [0.1, 0.15) is 11.7 Å². The maximum absolute atomic E-state index is 12.6. The number of carbonyl (C=O) groups excluding carboxylic acids is 2. The molecule has 0 bridgehead atoms. The second-order valence-electron chi connectivity index (χ2n) is 6.39. The number of nitrogens with one attached hydrogen (secondary N) is 3. The zero-order valence-electron chi connectivity index (χ0n) is 15.8. The van der Waals surface area contributed by atoms with Gasteiger partial charge >= 0.3 is 5.97 Å². The predicted octanol–water partition coefficient (Wildman–Crippen LogP) is 2.60. The summed E-state index contributed by atoms with van der Waals surface area (Å²) < 4.78 is 5.02. The number of aliphatic carboxylic acids is 1. The molecule has 29 heavy (non-hydrogen) atoms. The minimum atomic E-state index is -1.17. The number of hydrogen-bond acceptors (Lipinski definition) is 4. The number of furan rings is 1. The summed E-state index contributed by atoms with van der Waals surface area (Å²) >= 11 is 0. The van der Waals surface area contributed by atoms with Crippen molar-refractivity contribution in [1.82, 2.24) is 15.6 Å². The molecule has 0 radical (unpaired) electrons. The Morgan fingerprint density at radius 2 is 2.00 bits per heavy atom. The molecule has 0 spiro atoms. The monoisotopic (exact) mass is 395 g/mol. The van der Waals surface area contributed by atoms with Crippen LogP contribution in [0.5, 0.6) is 0 Å². The van der Waals surface area contributed by atoms with E-state index in [2.05, 4.69) is 15.6 Å². The van der Waals surface area contributed by atoms with Crippen molar-refractivity contribution in [3.05, 3.63) is 72.0 Å². The van der Waals surface area contributed by atoms with Crippen LogP contribution in [0, 0.1) is 0 Å². The molecular weight excluding hydrogens is 374 g/mol. The number of hydrogen-bond donors (Lipinski definition) is 4. The summed E-state index contributed by atoms with van der Waals surface area (Å²) in [5.74, 6) is -2.39. The van der Waals surface area contributed by atoms with E-state index in [1.807, 2.05) is 24.3 Å². The molecule has 2 heterocycles. The Labute approximate surface area is 166 Å². The number of carbonyl (C=O) groups is 3. The van der Waals surface area contributed by atoms with E-state index in [1.165, 1.54) is 18.4 Å². The Balaban J connectivity index is 1.74. The number of H-pyrrole nitrogens is 1. The van der Waals surface area contributed by atoms with Crippen LogP contribution in [0.15, 0.2) is 65.0 Å². The lowest BCUT2D eigenvalue weighted by molar-refractivity contribution is -0.141. The quantitative estimate of drug-likeness (QED) is 0.437. The molecule has 2 amide bonds. The zero-order valence-corrected chi connectivity index (χ0v) is 15.8. The van der Waals surface area contributed by atoms with Crippen LogP contribution >= 0.6 is 0 Å². The van der Waals surface area contributed by atoms with Crippen molar-refractivity contribution in [2.24, 2.45) is 0 Å². The molecule has 1 atom stereocenters. The van der Waals surface area contributed by atoms with Gasteiger partial charge in [0, 0.05) is 23.5 Å². The van der Waals surface area contributed by atoms with Crippen molar-refractivity contribution in [2.45, 2.75) is 25.8 Å². The van der Waals surface area contributed by atoms with E-state index in [4.69, 9.17) is 4.42 Å².